The number of nitrogens with zero attached hydrogens (tertiary/aromatic N) is 3. The highest BCUT2D eigenvalue weighted by molar-refractivity contribution is 5.92. The smallest absolute Gasteiger partial charge is 0.272 e. The molecule has 0 unspecified atom stereocenters. The van der Waals surface area contributed by atoms with E-state index < -0.39 is 0 Å². The van der Waals surface area contributed by atoms with Crippen LogP contribution in [0, 0.1) is 5.92 Å². The maximum Gasteiger partial charge on any atom is 0.272 e. The van der Waals surface area contributed by atoms with Crippen LogP contribution in [0.4, 0.5) is 0 Å². The summed E-state index contributed by atoms with van der Waals surface area (Å²) in [6, 6.07) is 1.98. The van der Waals surface area contributed by atoms with E-state index >= 15 is 0 Å². The predicted molar refractivity (Wildman–Crippen MR) is 96.4 cm³/mol. The van der Waals surface area contributed by atoms with Gasteiger partial charge in [-0.2, -0.15) is 5.10 Å². The summed E-state index contributed by atoms with van der Waals surface area (Å²) in [7, 11) is 2.00. The third kappa shape index (κ3) is 4.95. The van der Waals surface area contributed by atoms with Crippen molar-refractivity contribution in [1.29, 1.82) is 0 Å². The molecule has 5 nitrogen and oxygen atoms in total. The lowest BCUT2D eigenvalue weighted by Crippen LogP contribution is -2.39. The molecule has 0 spiro atoms. The molecule has 1 N–H and O–H groups in total. The number of carbonyl (C=O) groups excluding carboxylic acids is 1. The number of likely N-dealkylation sites (tertiary alicyclic amines) is 1. The molecule has 132 valence electrons. The van der Waals surface area contributed by atoms with E-state index in [-0.39, 0.29) is 18.3 Å². The Labute approximate surface area is 146 Å². The zero-order valence-corrected chi connectivity index (χ0v) is 15.7. The van der Waals surface area contributed by atoms with Gasteiger partial charge in [0.1, 0.15) is 5.69 Å². The number of aryl methyl sites for hydroxylation is 1. The van der Waals surface area contributed by atoms with Gasteiger partial charge in [0.25, 0.3) is 5.91 Å². The van der Waals surface area contributed by atoms with Gasteiger partial charge >= 0.3 is 0 Å². The standard InChI is InChI=1S/C17H30N4O.ClH/c1-5-21-16(12-15(19-21)13(2)3)17(22)20-10-7-14(8-11-20)6-9-18-4;/h12-14,18H,5-11H2,1-4H3;1H. The molecule has 0 aromatic carbocycles. The number of halogens is 1. The second kappa shape index (κ2) is 9.28. The van der Waals surface area contributed by atoms with Crippen molar-refractivity contribution in [2.45, 2.75) is 52.5 Å². The summed E-state index contributed by atoms with van der Waals surface area (Å²) in [5.41, 5.74) is 1.76. The second-order valence-corrected chi connectivity index (χ2v) is 6.55. The van der Waals surface area contributed by atoms with Gasteiger partial charge in [0.2, 0.25) is 0 Å². The van der Waals surface area contributed by atoms with Crippen LogP contribution in [-0.2, 0) is 6.54 Å². The molecule has 2 rings (SSSR count). The average Bonchev–Trinajstić information content (AvgIpc) is 2.97. The number of hydrogen-bond acceptors (Lipinski definition) is 3. The Hall–Kier alpha value is -1.07. The van der Waals surface area contributed by atoms with Crippen LogP contribution in [0.25, 0.3) is 0 Å². The number of nitrogens with one attached hydrogen (secondary N) is 1. The van der Waals surface area contributed by atoms with Crippen molar-refractivity contribution in [1.82, 2.24) is 20.0 Å². The summed E-state index contributed by atoms with van der Waals surface area (Å²) in [6.07, 6.45) is 3.44. The fourth-order valence-corrected chi connectivity index (χ4v) is 3.07. The monoisotopic (exact) mass is 342 g/mol. The van der Waals surface area contributed by atoms with Crippen molar-refractivity contribution in [3.63, 3.8) is 0 Å². The first kappa shape index (κ1) is 20.0. The van der Waals surface area contributed by atoms with E-state index in [1.807, 2.05) is 29.6 Å². The van der Waals surface area contributed by atoms with E-state index in [1.54, 1.807) is 0 Å². The largest absolute Gasteiger partial charge is 0.337 e. The van der Waals surface area contributed by atoms with Gasteiger partial charge in [0.05, 0.1) is 5.69 Å². The number of carbonyl (C=O) groups is 1. The predicted octanol–water partition coefficient (Wildman–Crippen LogP) is 2.91. The molecular formula is C17H31ClN4O. The molecule has 2 heterocycles. The molecule has 0 saturated carbocycles. The Bertz CT molecular complexity index is 493. The molecule has 1 saturated heterocycles. The lowest BCUT2D eigenvalue weighted by molar-refractivity contribution is 0.0674. The van der Waals surface area contributed by atoms with Gasteiger partial charge in [-0.1, -0.05) is 13.8 Å². The maximum absolute atomic E-state index is 12.8. The van der Waals surface area contributed by atoms with Gasteiger partial charge in [-0.15, -0.1) is 12.4 Å². The van der Waals surface area contributed by atoms with Crippen LogP contribution in [0.3, 0.4) is 0 Å². The molecule has 1 aliphatic rings. The summed E-state index contributed by atoms with van der Waals surface area (Å²) in [5.74, 6) is 1.25. The quantitative estimate of drug-likeness (QED) is 0.864. The first-order chi connectivity index (χ1) is 10.6. The lowest BCUT2D eigenvalue weighted by atomic mass is 9.93. The molecule has 1 aliphatic heterocycles. The second-order valence-electron chi connectivity index (χ2n) is 6.55. The zero-order chi connectivity index (χ0) is 16.1. The summed E-state index contributed by atoms with van der Waals surface area (Å²) >= 11 is 0. The SMILES string of the molecule is CCn1nc(C(C)C)cc1C(=O)N1CCC(CCNC)CC1.Cl. The normalized spacial score (nSPS) is 15.8. The van der Waals surface area contributed by atoms with E-state index in [1.165, 1.54) is 6.42 Å². The average molecular weight is 343 g/mol. The number of hydrogen-bond donors (Lipinski definition) is 1. The summed E-state index contributed by atoms with van der Waals surface area (Å²) in [4.78, 5) is 14.8. The highest BCUT2D eigenvalue weighted by Gasteiger charge is 2.26. The van der Waals surface area contributed by atoms with Crippen molar-refractivity contribution in [3.05, 3.63) is 17.5 Å². The summed E-state index contributed by atoms with van der Waals surface area (Å²) < 4.78 is 1.85. The minimum absolute atomic E-state index is 0. The first-order valence-corrected chi connectivity index (χ1v) is 8.58. The van der Waals surface area contributed by atoms with Crippen LogP contribution < -0.4 is 5.32 Å². The minimum atomic E-state index is 0. The third-order valence-corrected chi connectivity index (χ3v) is 4.61. The van der Waals surface area contributed by atoms with Crippen molar-refractivity contribution in [2.24, 2.45) is 5.92 Å². The molecule has 0 atom stereocenters. The summed E-state index contributed by atoms with van der Waals surface area (Å²) in [5, 5.41) is 7.77. The van der Waals surface area contributed by atoms with Gasteiger partial charge in [-0.3, -0.25) is 9.48 Å². The molecule has 1 fully saturated rings. The Kier molecular flexibility index (Phi) is 8.06. The zero-order valence-electron chi connectivity index (χ0n) is 14.8. The Morgan fingerprint density at radius 3 is 2.57 bits per heavy atom. The highest BCUT2D eigenvalue weighted by atomic mass is 35.5. The molecule has 1 amide bonds. The van der Waals surface area contributed by atoms with Gasteiger partial charge < -0.3 is 10.2 Å². The van der Waals surface area contributed by atoms with E-state index in [9.17, 15) is 4.79 Å². The maximum atomic E-state index is 12.8. The Morgan fingerprint density at radius 2 is 2.04 bits per heavy atom. The van der Waals surface area contributed by atoms with Crippen LogP contribution in [0.1, 0.15) is 62.1 Å². The Morgan fingerprint density at radius 1 is 1.39 bits per heavy atom. The van der Waals surface area contributed by atoms with Gasteiger partial charge in [0.15, 0.2) is 0 Å². The van der Waals surface area contributed by atoms with Gasteiger partial charge in [0, 0.05) is 19.6 Å². The fourth-order valence-electron chi connectivity index (χ4n) is 3.07. The van der Waals surface area contributed by atoms with Crippen LogP contribution in [-0.4, -0.2) is 47.3 Å². The van der Waals surface area contributed by atoms with Crippen molar-refractivity contribution >= 4 is 18.3 Å². The van der Waals surface area contributed by atoms with E-state index in [4.69, 9.17) is 0 Å². The van der Waals surface area contributed by atoms with Crippen LogP contribution in [0.2, 0.25) is 0 Å². The van der Waals surface area contributed by atoms with E-state index in [0.717, 1.165) is 56.3 Å². The third-order valence-electron chi connectivity index (χ3n) is 4.61. The van der Waals surface area contributed by atoms with Gasteiger partial charge in [-0.25, -0.2) is 0 Å². The number of rotatable bonds is 6. The van der Waals surface area contributed by atoms with E-state index in [0.29, 0.717) is 5.92 Å². The molecule has 23 heavy (non-hydrogen) atoms. The van der Waals surface area contributed by atoms with Crippen molar-refractivity contribution in [2.75, 3.05) is 26.7 Å². The molecule has 1 aromatic heterocycles. The molecular weight excluding hydrogens is 312 g/mol. The fraction of sp³-hybridized carbons (Fsp3) is 0.765. The molecule has 0 aliphatic carbocycles. The Balaban J connectivity index is 0.00000264. The number of amides is 1. The van der Waals surface area contributed by atoms with E-state index in [2.05, 4.69) is 24.3 Å². The number of piperidine rings is 1. The highest BCUT2D eigenvalue weighted by Crippen LogP contribution is 2.22. The molecule has 0 radical (unpaired) electrons. The van der Waals surface area contributed by atoms with Crippen LogP contribution in [0.5, 0.6) is 0 Å². The lowest BCUT2D eigenvalue weighted by Gasteiger charge is -2.32. The molecule has 0 bridgehead atoms. The van der Waals surface area contributed by atoms with Gasteiger partial charge in [-0.05, 0) is 57.7 Å². The minimum Gasteiger partial charge on any atom is -0.337 e. The van der Waals surface area contributed by atoms with Crippen LogP contribution >= 0.6 is 12.4 Å². The number of aromatic nitrogens is 2. The summed E-state index contributed by atoms with van der Waals surface area (Å²) in [6.45, 7) is 9.83. The van der Waals surface area contributed by atoms with Crippen molar-refractivity contribution in [3.8, 4) is 0 Å². The van der Waals surface area contributed by atoms with Crippen LogP contribution in [0.15, 0.2) is 6.07 Å². The first-order valence-electron chi connectivity index (χ1n) is 8.58. The molecule has 1 aromatic rings. The molecule has 6 heteroatoms. The topological polar surface area (TPSA) is 50.2 Å². The van der Waals surface area contributed by atoms with Crippen molar-refractivity contribution < 1.29 is 4.79 Å².